The Labute approximate surface area is 213 Å². The third kappa shape index (κ3) is 6.61. The van der Waals surface area contributed by atoms with Crippen LogP contribution < -0.4 is 10.6 Å². The van der Waals surface area contributed by atoms with Gasteiger partial charge in [-0.15, -0.1) is 0 Å². The number of carbonyl (C=O) groups is 2. The number of rotatable bonds is 5. The first-order valence-electron chi connectivity index (χ1n) is 10.3. The highest BCUT2D eigenvalue weighted by molar-refractivity contribution is 9.10. The van der Waals surface area contributed by atoms with Gasteiger partial charge in [0.2, 0.25) is 0 Å². The molecule has 0 fully saturated rings. The van der Waals surface area contributed by atoms with Crippen LogP contribution in [0, 0.1) is 6.92 Å². The van der Waals surface area contributed by atoms with Gasteiger partial charge in [0.05, 0.1) is 28.5 Å². The molecule has 7 nitrogen and oxygen atoms in total. The Kier molecular flexibility index (Phi) is 7.61. The highest BCUT2D eigenvalue weighted by Crippen LogP contribution is 2.31. The van der Waals surface area contributed by atoms with Crippen LogP contribution in [0.3, 0.4) is 0 Å². The minimum Gasteiger partial charge on any atom is -0.347 e. The van der Waals surface area contributed by atoms with Crippen LogP contribution >= 0.6 is 27.5 Å². The topological polar surface area (TPSA) is 88.9 Å². The minimum absolute atomic E-state index is 0.148. The molecule has 0 saturated carbocycles. The lowest BCUT2D eigenvalue weighted by Gasteiger charge is -2.22. The summed E-state index contributed by atoms with van der Waals surface area (Å²) in [6.45, 7) is 6.80. The van der Waals surface area contributed by atoms with Crippen LogP contribution in [-0.2, 0) is 12.7 Å². The van der Waals surface area contributed by atoms with E-state index in [1.165, 1.54) is 18.3 Å². The van der Waals surface area contributed by atoms with Gasteiger partial charge >= 0.3 is 6.18 Å². The van der Waals surface area contributed by atoms with E-state index in [1.54, 1.807) is 39.8 Å². The van der Waals surface area contributed by atoms with Crippen LogP contribution in [0.15, 0.2) is 41.0 Å². The van der Waals surface area contributed by atoms with E-state index in [2.05, 4.69) is 36.6 Å². The van der Waals surface area contributed by atoms with Gasteiger partial charge in [0.15, 0.2) is 5.69 Å². The number of aromatic nitrogens is 3. The molecule has 35 heavy (non-hydrogen) atoms. The second kappa shape index (κ2) is 9.98. The van der Waals surface area contributed by atoms with Gasteiger partial charge in [0, 0.05) is 22.3 Å². The molecule has 2 heterocycles. The molecule has 0 bridgehead atoms. The summed E-state index contributed by atoms with van der Waals surface area (Å²) in [7, 11) is 0. The fourth-order valence-corrected chi connectivity index (χ4v) is 3.96. The monoisotopic (exact) mass is 571 g/mol. The van der Waals surface area contributed by atoms with Crippen LogP contribution in [0.2, 0.25) is 5.02 Å². The Morgan fingerprint density at radius 1 is 1.14 bits per heavy atom. The highest BCUT2D eigenvalue weighted by atomic mass is 79.9. The number of benzene rings is 1. The molecular formula is C23H22BrClF3N5O2. The maximum absolute atomic E-state index is 13.4. The van der Waals surface area contributed by atoms with E-state index >= 15 is 0 Å². The molecule has 0 spiro atoms. The van der Waals surface area contributed by atoms with Gasteiger partial charge in [-0.25, -0.2) is 0 Å². The van der Waals surface area contributed by atoms with Crippen molar-refractivity contribution >= 4 is 45.0 Å². The molecule has 0 unspecified atom stereocenters. The summed E-state index contributed by atoms with van der Waals surface area (Å²) >= 11 is 9.44. The van der Waals surface area contributed by atoms with Crippen LogP contribution in [-0.4, -0.2) is 32.1 Å². The highest BCUT2D eigenvalue weighted by Gasteiger charge is 2.36. The zero-order chi connectivity index (χ0) is 26.1. The Hall–Kier alpha value is -2.92. The molecule has 0 aliphatic rings. The smallest absolute Gasteiger partial charge is 0.347 e. The molecule has 0 atom stereocenters. The van der Waals surface area contributed by atoms with E-state index in [9.17, 15) is 22.8 Å². The lowest BCUT2D eigenvalue weighted by atomic mass is 10.0. The van der Waals surface area contributed by atoms with Crippen LogP contribution in [0.5, 0.6) is 0 Å². The van der Waals surface area contributed by atoms with E-state index < -0.39 is 29.2 Å². The maximum atomic E-state index is 13.4. The third-order valence-electron chi connectivity index (χ3n) is 4.71. The summed E-state index contributed by atoms with van der Waals surface area (Å²) in [6, 6.07) is 6.95. The van der Waals surface area contributed by atoms with Crippen LogP contribution in [0.1, 0.15) is 58.6 Å². The molecule has 2 N–H and O–H groups in total. The quantitative estimate of drug-likeness (QED) is 0.401. The van der Waals surface area contributed by atoms with Crippen molar-refractivity contribution in [3.05, 3.63) is 74.2 Å². The summed E-state index contributed by atoms with van der Waals surface area (Å²) in [5, 5.41) is 9.19. The molecule has 0 aliphatic carbocycles. The van der Waals surface area contributed by atoms with Crippen molar-refractivity contribution in [2.24, 2.45) is 0 Å². The molecular weight excluding hydrogens is 551 g/mol. The second-order valence-corrected chi connectivity index (χ2v) is 10.1. The first-order valence-corrected chi connectivity index (χ1v) is 11.5. The van der Waals surface area contributed by atoms with Crippen LogP contribution in [0.4, 0.5) is 18.9 Å². The van der Waals surface area contributed by atoms with Crippen LogP contribution in [0.25, 0.3) is 0 Å². The molecule has 186 valence electrons. The lowest BCUT2D eigenvalue weighted by molar-refractivity contribution is -0.141. The Morgan fingerprint density at radius 3 is 2.43 bits per heavy atom. The number of halogens is 5. The second-order valence-electron chi connectivity index (χ2n) is 8.81. The van der Waals surface area contributed by atoms with E-state index in [0.29, 0.717) is 16.1 Å². The van der Waals surface area contributed by atoms with Gasteiger partial charge in [0.25, 0.3) is 11.8 Å². The normalized spacial score (nSPS) is 11.9. The number of alkyl halides is 3. The van der Waals surface area contributed by atoms with Gasteiger partial charge in [-0.05, 0) is 57.5 Å². The Morgan fingerprint density at radius 2 is 1.83 bits per heavy atom. The number of nitrogens with one attached hydrogen (secondary N) is 2. The number of hydrogen-bond donors (Lipinski definition) is 2. The number of hydrogen-bond acceptors (Lipinski definition) is 4. The first-order chi connectivity index (χ1) is 16.2. The molecule has 0 aliphatic heterocycles. The van der Waals surface area contributed by atoms with Crippen molar-refractivity contribution in [3.63, 3.8) is 0 Å². The Bertz CT molecular complexity index is 1290. The van der Waals surface area contributed by atoms with Gasteiger partial charge in [-0.2, -0.15) is 18.3 Å². The summed E-state index contributed by atoms with van der Waals surface area (Å²) < 4.78 is 41.7. The molecule has 12 heteroatoms. The molecule has 3 aromatic rings. The summed E-state index contributed by atoms with van der Waals surface area (Å²) in [5.41, 5.74) is -1.09. The van der Waals surface area contributed by atoms with E-state index in [-0.39, 0.29) is 34.2 Å². The predicted molar refractivity (Wildman–Crippen MR) is 130 cm³/mol. The fourth-order valence-electron chi connectivity index (χ4n) is 3.21. The number of nitrogens with zero attached hydrogens (tertiary/aromatic N) is 3. The van der Waals surface area contributed by atoms with Gasteiger partial charge in [-0.3, -0.25) is 19.3 Å². The average molecular weight is 573 g/mol. The average Bonchev–Trinajstić information content (AvgIpc) is 3.14. The largest absolute Gasteiger partial charge is 0.435 e. The van der Waals surface area contributed by atoms with Gasteiger partial charge in [0.1, 0.15) is 5.69 Å². The van der Waals surface area contributed by atoms with Gasteiger partial charge < -0.3 is 10.6 Å². The number of aryl methyl sites for hydroxylation is 1. The number of anilines is 1. The van der Waals surface area contributed by atoms with E-state index in [1.807, 2.05) is 0 Å². The van der Waals surface area contributed by atoms with Crippen molar-refractivity contribution in [2.45, 2.75) is 46.0 Å². The number of amides is 2. The van der Waals surface area contributed by atoms with Gasteiger partial charge in [-0.1, -0.05) is 27.5 Å². The predicted octanol–water partition coefficient (Wildman–Crippen LogP) is 5.85. The molecule has 0 saturated heterocycles. The van der Waals surface area contributed by atoms with Crippen molar-refractivity contribution in [1.82, 2.24) is 20.1 Å². The molecule has 1 aromatic carbocycles. The number of carbonyl (C=O) groups excluding carboxylic acids is 2. The molecule has 0 radical (unpaired) electrons. The van der Waals surface area contributed by atoms with Crippen molar-refractivity contribution in [2.75, 3.05) is 5.32 Å². The Balaban J connectivity index is 2.03. The summed E-state index contributed by atoms with van der Waals surface area (Å²) in [4.78, 5) is 30.2. The minimum atomic E-state index is -4.78. The van der Waals surface area contributed by atoms with Crippen molar-refractivity contribution in [1.29, 1.82) is 0 Å². The van der Waals surface area contributed by atoms with E-state index in [0.717, 1.165) is 4.68 Å². The molecule has 2 amide bonds. The number of pyridine rings is 1. The van der Waals surface area contributed by atoms with E-state index in [4.69, 9.17) is 11.6 Å². The summed E-state index contributed by atoms with van der Waals surface area (Å²) in [5.74, 6) is -1.34. The molecule has 3 rings (SSSR count). The maximum Gasteiger partial charge on any atom is 0.435 e. The SMILES string of the molecule is Cc1cc(Br)cc(C(=O)NC(C)(C)C)c1NC(=O)c1cc(C(F)(F)F)nn1Cc1ncccc1Cl. The zero-order valence-electron chi connectivity index (χ0n) is 19.2. The van der Waals surface area contributed by atoms with Crippen molar-refractivity contribution < 1.29 is 22.8 Å². The fraction of sp³-hybridized carbons (Fsp3) is 0.304. The zero-order valence-corrected chi connectivity index (χ0v) is 21.6. The first kappa shape index (κ1) is 26.7. The van der Waals surface area contributed by atoms with Crippen molar-refractivity contribution in [3.8, 4) is 0 Å². The lowest BCUT2D eigenvalue weighted by Crippen LogP contribution is -2.41. The standard InChI is InChI=1S/C23H22BrClF3N5O2/c1-12-8-13(24)9-14(20(34)31-22(2,3)4)19(12)30-21(35)17-10-18(23(26,27)28)32-33(17)11-16-15(25)6-5-7-29-16/h5-10H,11H2,1-4H3,(H,30,35)(H,31,34). The third-order valence-corrected chi connectivity index (χ3v) is 5.51. The summed E-state index contributed by atoms with van der Waals surface area (Å²) in [6.07, 6.45) is -3.35. The molecule has 2 aromatic heterocycles.